The highest BCUT2D eigenvalue weighted by Gasteiger charge is 2.34. The molecule has 288 valence electrons. The van der Waals surface area contributed by atoms with Gasteiger partial charge in [0.15, 0.2) is 23.5 Å². The van der Waals surface area contributed by atoms with Gasteiger partial charge >= 0.3 is 29.8 Å². The summed E-state index contributed by atoms with van der Waals surface area (Å²) < 4.78 is 53.1. The number of halogens is 1. The number of esters is 5. The van der Waals surface area contributed by atoms with E-state index in [0.717, 1.165) is 5.52 Å². The van der Waals surface area contributed by atoms with Crippen molar-refractivity contribution in [1.82, 2.24) is 14.5 Å². The van der Waals surface area contributed by atoms with Crippen LogP contribution in [0.3, 0.4) is 0 Å². The van der Waals surface area contributed by atoms with E-state index >= 15 is 0 Å². The minimum Gasteiger partial charge on any atom is -0.463 e. The van der Waals surface area contributed by atoms with E-state index in [4.69, 9.17) is 32.2 Å². The first-order valence-corrected chi connectivity index (χ1v) is 16.9. The second-order valence-corrected chi connectivity index (χ2v) is 12.0. The summed E-state index contributed by atoms with van der Waals surface area (Å²) in [6.45, 7) is 1.81. The van der Waals surface area contributed by atoms with Crippen LogP contribution in [0.25, 0.3) is 33.3 Å². The Bertz CT molecular complexity index is 2470. The Hall–Kier alpha value is -7.02. The van der Waals surface area contributed by atoms with Crippen molar-refractivity contribution in [1.29, 1.82) is 0 Å². The van der Waals surface area contributed by atoms with Gasteiger partial charge in [-0.15, -0.1) is 0 Å². The van der Waals surface area contributed by atoms with Crippen molar-refractivity contribution in [3.63, 3.8) is 0 Å². The number of benzene rings is 1. The SMILES string of the molecule is CC(=O)OCOC(=O)c1cc2occc2n1COC(C)=O.O=C(OC1OC(=O)c2ccccc21)c1cc2occc2[nH]1.O=C(SCF)c1cc2occc2[nH]1.[HH].[HH]. The second kappa shape index (κ2) is 16.8. The van der Waals surface area contributed by atoms with E-state index in [1.165, 1.54) is 43.3 Å². The predicted molar refractivity (Wildman–Crippen MR) is 191 cm³/mol. The van der Waals surface area contributed by atoms with Crippen LogP contribution in [0.2, 0.25) is 0 Å². The maximum atomic E-state index is 12.1. The van der Waals surface area contributed by atoms with Crippen molar-refractivity contribution in [2.75, 3.05) is 12.8 Å². The number of carbonyl (C=O) groups excluding carboxylic acids is 6. The Balaban J connectivity index is 0.000000192. The smallest absolute Gasteiger partial charge is 0.358 e. The molecule has 1 atom stereocenters. The number of nitrogens with zero attached hydrogens (tertiary/aromatic N) is 1. The van der Waals surface area contributed by atoms with Crippen LogP contribution in [-0.2, 0) is 40.0 Å². The molecule has 0 bridgehead atoms. The molecule has 0 radical (unpaired) electrons. The Morgan fingerprint density at radius 3 is 2.11 bits per heavy atom. The molecule has 19 heteroatoms. The van der Waals surface area contributed by atoms with Crippen molar-refractivity contribution in [2.24, 2.45) is 0 Å². The number of thioether (sulfide) groups is 1. The minimum absolute atomic E-state index is 0. The molecule has 6 aromatic heterocycles. The van der Waals surface area contributed by atoms with E-state index in [0.29, 0.717) is 56.4 Å². The topological polar surface area (TPSA) is 225 Å². The lowest BCUT2D eigenvalue weighted by molar-refractivity contribution is -0.149. The van der Waals surface area contributed by atoms with Gasteiger partial charge in [0.25, 0.3) is 6.29 Å². The third-order valence-electron chi connectivity index (χ3n) is 7.55. The number of furan rings is 3. The van der Waals surface area contributed by atoms with E-state index in [1.807, 2.05) is 0 Å². The van der Waals surface area contributed by atoms with Crippen LogP contribution < -0.4 is 0 Å². The zero-order chi connectivity index (χ0) is 39.1. The van der Waals surface area contributed by atoms with Crippen molar-refractivity contribution >= 4 is 80.0 Å². The van der Waals surface area contributed by atoms with Gasteiger partial charge in [-0.1, -0.05) is 18.2 Å². The zero-order valence-electron chi connectivity index (χ0n) is 28.7. The molecule has 1 aliphatic heterocycles. The molecule has 1 aromatic carbocycles. The van der Waals surface area contributed by atoms with Crippen molar-refractivity contribution < 1.29 is 72.9 Å². The fourth-order valence-corrected chi connectivity index (χ4v) is 5.45. The first kappa shape index (κ1) is 37.7. The van der Waals surface area contributed by atoms with Gasteiger partial charge in [0, 0.05) is 58.7 Å². The molecule has 0 saturated heterocycles. The first-order valence-electron chi connectivity index (χ1n) is 15.9. The van der Waals surface area contributed by atoms with Crippen LogP contribution in [0.1, 0.15) is 70.4 Å². The van der Waals surface area contributed by atoms with Crippen LogP contribution >= 0.6 is 11.8 Å². The predicted octanol–water partition coefficient (Wildman–Crippen LogP) is 7.27. The van der Waals surface area contributed by atoms with Crippen molar-refractivity contribution in [3.8, 4) is 0 Å². The highest BCUT2D eigenvalue weighted by molar-refractivity contribution is 8.14. The maximum Gasteiger partial charge on any atom is 0.358 e. The molecule has 0 fully saturated rings. The Morgan fingerprint density at radius 1 is 0.800 bits per heavy atom. The molecule has 55 heavy (non-hydrogen) atoms. The molecular formula is C36H32FN3O14S. The Morgan fingerprint density at radius 2 is 1.44 bits per heavy atom. The average molecular weight is 782 g/mol. The highest BCUT2D eigenvalue weighted by Crippen LogP contribution is 2.32. The van der Waals surface area contributed by atoms with Crippen LogP contribution in [0, 0.1) is 0 Å². The second-order valence-electron chi connectivity index (χ2n) is 11.1. The summed E-state index contributed by atoms with van der Waals surface area (Å²) in [5, 5.41) is -0.311. The molecule has 7 heterocycles. The number of H-pyrrole nitrogens is 2. The summed E-state index contributed by atoms with van der Waals surface area (Å²) in [5.74, 6) is -2.89. The van der Waals surface area contributed by atoms with Crippen LogP contribution in [-0.4, -0.2) is 62.3 Å². The normalized spacial score (nSPS) is 12.9. The van der Waals surface area contributed by atoms with Crippen LogP contribution in [0.5, 0.6) is 0 Å². The van der Waals surface area contributed by atoms with Crippen molar-refractivity contribution in [3.05, 3.63) is 108 Å². The quantitative estimate of drug-likeness (QED) is 0.0834. The number of aromatic nitrogens is 3. The van der Waals surface area contributed by atoms with E-state index in [9.17, 15) is 33.2 Å². The Labute approximate surface area is 314 Å². The molecule has 0 spiro atoms. The van der Waals surface area contributed by atoms with E-state index in [1.54, 1.807) is 54.6 Å². The summed E-state index contributed by atoms with van der Waals surface area (Å²) in [4.78, 5) is 74.1. The van der Waals surface area contributed by atoms with Gasteiger partial charge in [0.05, 0.1) is 46.6 Å². The van der Waals surface area contributed by atoms with E-state index in [2.05, 4.69) is 14.7 Å². The van der Waals surface area contributed by atoms with Gasteiger partial charge in [-0.2, -0.15) is 0 Å². The molecule has 7 aromatic rings. The summed E-state index contributed by atoms with van der Waals surface area (Å²) in [5.41, 5.74) is 5.35. The molecule has 2 N–H and O–H groups in total. The number of carbonyl (C=O) groups is 6. The lowest BCUT2D eigenvalue weighted by Gasteiger charge is -2.11. The van der Waals surface area contributed by atoms with E-state index < -0.39 is 48.9 Å². The molecule has 0 amide bonds. The zero-order valence-corrected chi connectivity index (χ0v) is 29.5. The third-order valence-corrected chi connectivity index (χ3v) is 8.14. The number of ether oxygens (including phenoxy) is 5. The van der Waals surface area contributed by atoms with Gasteiger partial charge < -0.3 is 46.9 Å². The number of hydrogen-bond acceptors (Lipinski definition) is 15. The monoisotopic (exact) mass is 781 g/mol. The number of cyclic esters (lactones) is 1. The summed E-state index contributed by atoms with van der Waals surface area (Å²) in [6.07, 6.45) is 3.47. The van der Waals surface area contributed by atoms with Gasteiger partial charge in [0.1, 0.15) is 17.4 Å². The molecule has 17 nitrogen and oxygen atoms in total. The number of nitrogens with one attached hydrogen (secondary N) is 2. The summed E-state index contributed by atoms with van der Waals surface area (Å²) >= 11 is 0.625. The van der Waals surface area contributed by atoms with Crippen molar-refractivity contribution in [2.45, 2.75) is 26.9 Å². The molecule has 1 unspecified atom stereocenters. The lowest BCUT2D eigenvalue weighted by atomic mass is 10.1. The number of alkyl halides is 1. The minimum atomic E-state index is -1.02. The molecule has 1 aliphatic rings. The van der Waals surface area contributed by atoms with E-state index in [-0.39, 0.29) is 26.1 Å². The van der Waals surface area contributed by atoms with Gasteiger partial charge in [-0.25, -0.2) is 18.8 Å². The van der Waals surface area contributed by atoms with Gasteiger partial charge in [-0.3, -0.25) is 19.0 Å². The molecule has 0 aliphatic carbocycles. The molecule has 8 rings (SSSR count). The van der Waals surface area contributed by atoms with Gasteiger partial charge in [0.2, 0.25) is 11.9 Å². The number of aromatic amines is 2. The number of fused-ring (bicyclic) bond motifs is 4. The summed E-state index contributed by atoms with van der Waals surface area (Å²) in [6, 6.07) is 15.7. The number of hydrogen-bond donors (Lipinski definition) is 2. The molecule has 0 saturated carbocycles. The largest absolute Gasteiger partial charge is 0.463 e. The average Bonchev–Trinajstić information content (AvgIpc) is 4.00. The maximum absolute atomic E-state index is 12.1. The fourth-order valence-electron chi connectivity index (χ4n) is 5.09. The molecular weight excluding hydrogens is 749 g/mol. The first-order chi connectivity index (χ1) is 26.5. The fraction of sp³-hybridized carbons (Fsp3) is 0.167. The van der Waals surface area contributed by atoms with Crippen LogP contribution in [0.4, 0.5) is 4.39 Å². The van der Waals surface area contributed by atoms with Gasteiger partial charge in [-0.05, 0) is 17.8 Å². The lowest BCUT2D eigenvalue weighted by Crippen LogP contribution is -2.16. The third kappa shape index (κ3) is 8.79. The Kier molecular flexibility index (Phi) is 11.5. The number of rotatable bonds is 9. The highest BCUT2D eigenvalue weighted by atomic mass is 32.2. The summed E-state index contributed by atoms with van der Waals surface area (Å²) in [7, 11) is 0. The standard InChI is InChI=1S/C15H9NO5.C13H13NO7.C8H6FNO2S.2H2/c17-13-8-3-1-2-4-9(8)15(20-13)21-14(18)11-7-12-10(16-11)5-6-19-12;1-8(15)19-6-14-10-3-4-18-12(10)5-11(14)13(17)21-7-20-9(2)16;9-4-13-8(11)6-3-7-5(10-6)1-2-12-7;;/h1-7,15-16H;3-5H,6-7H2,1-2H3;1-3,10H,4H2;2*1H. The van der Waals surface area contributed by atoms with Crippen LogP contribution in [0.15, 0.2) is 92.7 Å².